The molecule has 2 aromatic rings. The molecule has 0 atom stereocenters. The highest BCUT2D eigenvalue weighted by Crippen LogP contribution is 2.40. The quantitative estimate of drug-likeness (QED) is 0.791. The fourth-order valence-corrected chi connectivity index (χ4v) is 2.16. The number of hydrogen-bond donors (Lipinski definition) is 1. The van der Waals surface area contributed by atoms with E-state index in [1.165, 1.54) is 20.3 Å². The number of benzene rings is 1. The fourth-order valence-electron chi connectivity index (χ4n) is 2.16. The average Bonchev–Trinajstić information content (AvgIpc) is 2.64. The number of hydrogen-bond acceptors (Lipinski definition) is 5. The first-order chi connectivity index (χ1) is 11.7. The van der Waals surface area contributed by atoms with E-state index in [9.17, 15) is 4.79 Å². The van der Waals surface area contributed by atoms with Gasteiger partial charge in [-0.2, -0.15) is 0 Å². The first kappa shape index (κ1) is 17.3. The van der Waals surface area contributed by atoms with E-state index < -0.39 is 0 Å². The molecule has 0 aliphatic carbocycles. The molecule has 6 nitrogen and oxygen atoms in total. The molecule has 0 unspecified atom stereocenters. The molecule has 0 aliphatic heterocycles. The van der Waals surface area contributed by atoms with Crippen LogP contribution in [0.1, 0.15) is 11.3 Å². The van der Waals surface area contributed by atoms with Crippen molar-refractivity contribution in [1.82, 2.24) is 10.3 Å². The van der Waals surface area contributed by atoms with E-state index in [0.717, 1.165) is 5.69 Å². The Hall–Kier alpha value is -3.02. The van der Waals surface area contributed by atoms with Crippen molar-refractivity contribution in [2.75, 3.05) is 21.3 Å². The Kier molecular flexibility index (Phi) is 6.19. The molecule has 0 aliphatic rings. The molecule has 6 heteroatoms. The SMILES string of the molecule is COc1ccc(C=CC(=O)NCc2ccccn2)c(OC)c1OC. The third-order valence-corrected chi connectivity index (χ3v) is 3.32. The van der Waals surface area contributed by atoms with Crippen LogP contribution < -0.4 is 19.5 Å². The molecule has 0 radical (unpaired) electrons. The second-order valence-electron chi connectivity index (χ2n) is 4.80. The van der Waals surface area contributed by atoms with Gasteiger partial charge in [-0.3, -0.25) is 9.78 Å². The summed E-state index contributed by atoms with van der Waals surface area (Å²) in [6.07, 6.45) is 4.78. The summed E-state index contributed by atoms with van der Waals surface area (Å²) in [5.74, 6) is 1.32. The Labute approximate surface area is 141 Å². The zero-order valence-corrected chi connectivity index (χ0v) is 13.9. The van der Waals surface area contributed by atoms with Crippen LogP contribution in [0.3, 0.4) is 0 Å². The maximum Gasteiger partial charge on any atom is 0.244 e. The molecule has 0 saturated carbocycles. The smallest absolute Gasteiger partial charge is 0.244 e. The van der Waals surface area contributed by atoms with Gasteiger partial charge in [-0.15, -0.1) is 0 Å². The average molecular weight is 328 g/mol. The van der Waals surface area contributed by atoms with E-state index >= 15 is 0 Å². The van der Waals surface area contributed by atoms with E-state index in [-0.39, 0.29) is 5.91 Å². The van der Waals surface area contributed by atoms with E-state index in [2.05, 4.69) is 10.3 Å². The number of nitrogens with zero attached hydrogens (tertiary/aromatic N) is 1. The molecule has 1 aromatic carbocycles. The second kappa shape index (κ2) is 8.57. The molecule has 126 valence electrons. The Morgan fingerprint density at radius 1 is 1.08 bits per heavy atom. The molecule has 0 saturated heterocycles. The van der Waals surface area contributed by atoms with Crippen molar-refractivity contribution in [3.8, 4) is 17.2 Å². The predicted molar refractivity (Wildman–Crippen MR) is 91.2 cm³/mol. The minimum atomic E-state index is -0.225. The minimum Gasteiger partial charge on any atom is -0.493 e. The van der Waals surface area contributed by atoms with Crippen molar-refractivity contribution >= 4 is 12.0 Å². The van der Waals surface area contributed by atoms with Crippen LogP contribution in [-0.4, -0.2) is 32.2 Å². The van der Waals surface area contributed by atoms with Gasteiger partial charge in [0.15, 0.2) is 11.5 Å². The first-order valence-electron chi connectivity index (χ1n) is 7.34. The van der Waals surface area contributed by atoms with Crippen molar-refractivity contribution < 1.29 is 19.0 Å². The van der Waals surface area contributed by atoms with Gasteiger partial charge in [0.25, 0.3) is 0 Å². The number of aromatic nitrogens is 1. The highest BCUT2D eigenvalue weighted by molar-refractivity contribution is 5.92. The molecule has 0 spiro atoms. The lowest BCUT2D eigenvalue weighted by Gasteiger charge is -2.13. The highest BCUT2D eigenvalue weighted by Gasteiger charge is 2.14. The molecule has 1 N–H and O–H groups in total. The van der Waals surface area contributed by atoms with Gasteiger partial charge in [-0.05, 0) is 30.3 Å². The summed E-state index contributed by atoms with van der Waals surface area (Å²) in [6, 6.07) is 9.10. The van der Waals surface area contributed by atoms with Crippen molar-refractivity contribution in [1.29, 1.82) is 0 Å². The van der Waals surface area contributed by atoms with Crippen molar-refractivity contribution in [3.05, 3.63) is 53.9 Å². The lowest BCUT2D eigenvalue weighted by molar-refractivity contribution is -0.116. The lowest BCUT2D eigenvalue weighted by atomic mass is 10.1. The third kappa shape index (κ3) is 4.25. The van der Waals surface area contributed by atoms with E-state index in [1.807, 2.05) is 18.2 Å². The number of pyridine rings is 1. The Morgan fingerprint density at radius 3 is 2.50 bits per heavy atom. The van der Waals surface area contributed by atoms with Crippen LogP contribution in [0.2, 0.25) is 0 Å². The molecule has 0 bridgehead atoms. The zero-order chi connectivity index (χ0) is 17.4. The largest absolute Gasteiger partial charge is 0.493 e. The molecule has 0 fully saturated rings. The van der Waals surface area contributed by atoms with Crippen LogP contribution in [0.4, 0.5) is 0 Å². The number of carbonyl (C=O) groups is 1. The van der Waals surface area contributed by atoms with Gasteiger partial charge in [0.05, 0.1) is 33.6 Å². The standard InChI is InChI=1S/C18H20N2O4/c1-22-15-9-7-13(17(23-2)18(15)24-3)8-10-16(21)20-12-14-6-4-5-11-19-14/h4-11H,12H2,1-3H3,(H,20,21). The Bertz CT molecular complexity index is 714. The summed E-state index contributed by atoms with van der Waals surface area (Å²) >= 11 is 0. The first-order valence-corrected chi connectivity index (χ1v) is 7.34. The number of rotatable bonds is 7. The minimum absolute atomic E-state index is 0.225. The van der Waals surface area contributed by atoms with Gasteiger partial charge >= 0.3 is 0 Å². The zero-order valence-electron chi connectivity index (χ0n) is 13.9. The van der Waals surface area contributed by atoms with Crippen LogP contribution in [0.5, 0.6) is 17.2 Å². The Morgan fingerprint density at radius 2 is 1.88 bits per heavy atom. The monoisotopic (exact) mass is 328 g/mol. The lowest BCUT2D eigenvalue weighted by Crippen LogP contribution is -2.20. The summed E-state index contributed by atoms with van der Waals surface area (Å²) < 4.78 is 15.9. The van der Waals surface area contributed by atoms with Crippen LogP contribution >= 0.6 is 0 Å². The Balaban J connectivity index is 2.09. The molecule has 1 aromatic heterocycles. The van der Waals surface area contributed by atoms with Crippen LogP contribution in [-0.2, 0) is 11.3 Å². The maximum atomic E-state index is 11.9. The molecule has 24 heavy (non-hydrogen) atoms. The van der Waals surface area contributed by atoms with Gasteiger partial charge in [-0.1, -0.05) is 6.07 Å². The summed E-state index contributed by atoms with van der Waals surface area (Å²) in [4.78, 5) is 16.1. The van der Waals surface area contributed by atoms with E-state index in [0.29, 0.717) is 29.4 Å². The number of methoxy groups -OCH3 is 3. The van der Waals surface area contributed by atoms with Gasteiger partial charge in [0, 0.05) is 17.8 Å². The summed E-state index contributed by atoms with van der Waals surface area (Å²) in [7, 11) is 4.63. The number of ether oxygens (including phenoxy) is 3. The predicted octanol–water partition coefficient (Wildman–Crippen LogP) is 2.44. The van der Waals surface area contributed by atoms with Gasteiger partial charge < -0.3 is 19.5 Å². The van der Waals surface area contributed by atoms with Gasteiger partial charge in [0.2, 0.25) is 11.7 Å². The van der Waals surface area contributed by atoms with E-state index in [1.54, 1.807) is 31.5 Å². The normalized spacial score (nSPS) is 10.5. The summed E-state index contributed by atoms with van der Waals surface area (Å²) in [6.45, 7) is 0.368. The third-order valence-electron chi connectivity index (χ3n) is 3.32. The van der Waals surface area contributed by atoms with Crippen molar-refractivity contribution in [2.45, 2.75) is 6.54 Å². The number of nitrogens with one attached hydrogen (secondary N) is 1. The van der Waals surface area contributed by atoms with Crippen molar-refractivity contribution in [3.63, 3.8) is 0 Å². The van der Waals surface area contributed by atoms with Crippen LogP contribution in [0.15, 0.2) is 42.6 Å². The molecule has 1 heterocycles. The highest BCUT2D eigenvalue weighted by atomic mass is 16.5. The summed E-state index contributed by atoms with van der Waals surface area (Å²) in [5.41, 5.74) is 1.51. The number of amides is 1. The molecular weight excluding hydrogens is 308 g/mol. The van der Waals surface area contributed by atoms with Crippen LogP contribution in [0.25, 0.3) is 6.08 Å². The second-order valence-corrected chi connectivity index (χ2v) is 4.80. The van der Waals surface area contributed by atoms with Crippen LogP contribution in [0, 0.1) is 0 Å². The molecule has 2 rings (SSSR count). The molecular formula is C18H20N2O4. The summed E-state index contributed by atoms with van der Waals surface area (Å²) in [5, 5.41) is 2.77. The fraction of sp³-hybridized carbons (Fsp3) is 0.222. The molecule has 1 amide bonds. The van der Waals surface area contributed by atoms with E-state index in [4.69, 9.17) is 14.2 Å². The maximum absolute atomic E-state index is 11.9. The van der Waals surface area contributed by atoms with Gasteiger partial charge in [-0.25, -0.2) is 0 Å². The number of carbonyl (C=O) groups excluding carboxylic acids is 1. The topological polar surface area (TPSA) is 69.7 Å². The van der Waals surface area contributed by atoms with Crippen molar-refractivity contribution in [2.24, 2.45) is 0 Å². The van der Waals surface area contributed by atoms with Gasteiger partial charge in [0.1, 0.15) is 0 Å².